The zero-order valence-electron chi connectivity index (χ0n) is 13.9. The highest BCUT2D eigenvalue weighted by molar-refractivity contribution is 5.94. The lowest BCUT2D eigenvalue weighted by molar-refractivity contribution is -0.140. The number of rotatable bonds is 7. The number of methoxy groups -OCH3 is 1. The fraction of sp³-hybridized carbons (Fsp3) is 0.263. The molecule has 0 saturated heterocycles. The van der Waals surface area contributed by atoms with Crippen LogP contribution < -0.4 is 4.74 Å². The molecule has 0 aromatic heterocycles. The molecule has 0 fully saturated rings. The van der Waals surface area contributed by atoms with Crippen LogP contribution in [-0.2, 0) is 16.1 Å². The third-order valence-electron chi connectivity index (χ3n) is 3.58. The van der Waals surface area contributed by atoms with Gasteiger partial charge in [-0.2, -0.15) is 0 Å². The fourth-order valence-corrected chi connectivity index (χ4v) is 2.12. The maximum atomic E-state index is 12.3. The second kappa shape index (κ2) is 8.72. The van der Waals surface area contributed by atoms with Crippen molar-refractivity contribution in [3.8, 4) is 5.75 Å². The Bertz CT molecular complexity index is 668. The number of nitrogens with zero attached hydrogens (tertiary/aromatic N) is 1. The summed E-state index contributed by atoms with van der Waals surface area (Å²) >= 11 is 0. The van der Waals surface area contributed by atoms with Crippen molar-refractivity contribution in [2.24, 2.45) is 0 Å². The molecule has 5 nitrogen and oxygen atoms in total. The van der Waals surface area contributed by atoms with E-state index in [1.165, 1.54) is 12.0 Å². The van der Waals surface area contributed by atoms with Crippen LogP contribution in [0.1, 0.15) is 22.3 Å². The minimum atomic E-state index is -0.334. The summed E-state index contributed by atoms with van der Waals surface area (Å²) in [4.78, 5) is 24.9. The summed E-state index contributed by atoms with van der Waals surface area (Å²) in [6, 6.07) is 16.8. The van der Waals surface area contributed by atoms with Crippen LogP contribution in [-0.4, -0.2) is 37.5 Å². The number of hydrogen-bond donors (Lipinski definition) is 0. The van der Waals surface area contributed by atoms with Crippen molar-refractivity contribution in [1.29, 1.82) is 0 Å². The molecule has 0 saturated carbocycles. The molecular formula is C19H21NO4. The fourth-order valence-electron chi connectivity index (χ4n) is 2.12. The molecule has 126 valence electrons. The third kappa shape index (κ3) is 5.12. The van der Waals surface area contributed by atoms with Crippen LogP contribution in [0.5, 0.6) is 5.75 Å². The lowest BCUT2D eigenvalue weighted by Gasteiger charge is -2.16. The van der Waals surface area contributed by atoms with Crippen LogP contribution in [0.15, 0.2) is 54.6 Å². The smallest absolute Gasteiger partial charge is 0.307 e. The van der Waals surface area contributed by atoms with Gasteiger partial charge in [0.15, 0.2) is 0 Å². The summed E-state index contributed by atoms with van der Waals surface area (Å²) in [5, 5.41) is 0. The Kier molecular flexibility index (Phi) is 6.37. The van der Waals surface area contributed by atoms with Gasteiger partial charge in [-0.25, -0.2) is 0 Å². The van der Waals surface area contributed by atoms with Crippen molar-refractivity contribution < 1.29 is 19.1 Å². The lowest BCUT2D eigenvalue weighted by Crippen LogP contribution is -2.29. The first kappa shape index (κ1) is 17.5. The van der Waals surface area contributed by atoms with E-state index in [2.05, 4.69) is 4.74 Å². The Balaban J connectivity index is 1.88. The maximum Gasteiger partial charge on any atom is 0.307 e. The van der Waals surface area contributed by atoms with Gasteiger partial charge in [-0.1, -0.05) is 30.3 Å². The minimum Gasteiger partial charge on any atom is -0.489 e. The van der Waals surface area contributed by atoms with E-state index in [9.17, 15) is 9.59 Å². The third-order valence-corrected chi connectivity index (χ3v) is 3.58. The Morgan fingerprint density at radius 3 is 2.29 bits per heavy atom. The minimum absolute atomic E-state index is 0.145. The average Bonchev–Trinajstić information content (AvgIpc) is 2.64. The predicted molar refractivity (Wildman–Crippen MR) is 90.8 cm³/mol. The van der Waals surface area contributed by atoms with Gasteiger partial charge < -0.3 is 14.4 Å². The van der Waals surface area contributed by atoms with E-state index in [0.29, 0.717) is 24.5 Å². The molecule has 5 heteroatoms. The largest absolute Gasteiger partial charge is 0.489 e. The highest BCUT2D eigenvalue weighted by atomic mass is 16.5. The molecule has 2 aromatic rings. The van der Waals surface area contributed by atoms with Gasteiger partial charge in [-0.15, -0.1) is 0 Å². The molecule has 0 heterocycles. The Morgan fingerprint density at radius 2 is 1.67 bits per heavy atom. The van der Waals surface area contributed by atoms with E-state index in [-0.39, 0.29) is 18.3 Å². The van der Waals surface area contributed by atoms with Crippen molar-refractivity contribution >= 4 is 11.9 Å². The quantitative estimate of drug-likeness (QED) is 0.734. The summed E-state index contributed by atoms with van der Waals surface area (Å²) in [6.45, 7) is 0.797. The van der Waals surface area contributed by atoms with Crippen LogP contribution in [0.25, 0.3) is 0 Å². The van der Waals surface area contributed by atoms with Crippen molar-refractivity contribution in [1.82, 2.24) is 4.90 Å². The molecule has 2 aromatic carbocycles. The number of hydrogen-bond acceptors (Lipinski definition) is 4. The van der Waals surface area contributed by atoms with Crippen molar-refractivity contribution in [3.05, 3.63) is 65.7 Å². The van der Waals surface area contributed by atoms with Crippen LogP contribution in [0.2, 0.25) is 0 Å². The van der Waals surface area contributed by atoms with E-state index < -0.39 is 0 Å². The van der Waals surface area contributed by atoms with Crippen LogP contribution in [0.3, 0.4) is 0 Å². The number of carbonyl (C=O) groups excluding carboxylic acids is 2. The van der Waals surface area contributed by atoms with Gasteiger partial charge in [-0.05, 0) is 29.8 Å². The summed E-state index contributed by atoms with van der Waals surface area (Å²) in [5.74, 6) is 0.223. The van der Waals surface area contributed by atoms with Gasteiger partial charge in [-0.3, -0.25) is 9.59 Å². The van der Waals surface area contributed by atoms with Crippen LogP contribution in [0.4, 0.5) is 0 Å². The van der Waals surface area contributed by atoms with Gasteiger partial charge in [0.25, 0.3) is 5.91 Å². The normalized spacial score (nSPS) is 10.1. The van der Waals surface area contributed by atoms with Gasteiger partial charge in [0.05, 0.1) is 13.5 Å². The van der Waals surface area contributed by atoms with Crippen molar-refractivity contribution in [2.75, 3.05) is 20.7 Å². The zero-order valence-corrected chi connectivity index (χ0v) is 13.9. The Hall–Kier alpha value is -2.82. The summed E-state index contributed by atoms with van der Waals surface area (Å²) in [5.41, 5.74) is 1.63. The monoisotopic (exact) mass is 327 g/mol. The maximum absolute atomic E-state index is 12.3. The van der Waals surface area contributed by atoms with Crippen molar-refractivity contribution in [3.63, 3.8) is 0 Å². The number of esters is 1. The first-order valence-electron chi connectivity index (χ1n) is 7.69. The van der Waals surface area contributed by atoms with E-state index in [1.807, 2.05) is 30.3 Å². The average molecular weight is 327 g/mol. The summed E-state index contributed by atoms with van der Waals surface area (Å²) < 4.78 is 10.3. The van der Waals surface area contributed by atoms with E-state index in [1.54, 1.807) is 31.3 Å². The first-order chi connectivity index (χ1) is 11.6. The molecule has 0 atom stereocenters. The molecule has 0 aliphatic carbocycles. The predicted octanol–water partition coefficient (Wildman–Crippen LogP) is 2.90. The van der Waals surface area contributed by atoms with Crippen molar-refractivity contribution in [2.45, 2.75) is 13.0 Å². The first-order valence-corrected chi connectivity index (χ1v) is 7.69. The molecule has 0 unspecified atom stereocenters. The van der Waals surface area contributed by atoms with Gasteiger partial charge in [0.2, 0.25) is 0 Å². The topological polar surface area (TPSA) is 55.8 Å². The van der Waals surface area contributed by atoms with Gasteiger partial charge >= 0.3 is 5.97 Å². The zero-order chi connectivity index (χ0) is 17.4. The molecule has 0 radical (unpaired) electrons. The molecule has 0 aliphatic heterocycles. The molecule has 2 rings (SSSR count). The molecule has 24 heavy (non-hydrogen) atoms. The molecule has 0 spiro atoms. The lowest BCUT2D eigenvalue weighted by atomic mass is 10.2. The van der Waals surface area contributed by atoms with E-state index in [0.717, 1.165) is 5.56 Å². The van der Waals surface area contributed by atoms with Crippen LogP contribution >= 0.6 is 0 Å². The Morgan fingerprint density at radius 1 is 1.00 bits per heavy atom. The number of carbonyl (C=O) groups is 2. The summed E-state index contributed by atoms with van der Waals surface area (Å²) in [7, 11) is 2.99. The van der Waals surface area contributed by atoms with E-state index >= 15 is 0 Å². The second-order valence-corrected chi connectivity index (χ2v) is 5.35. The second-order valence-electron chi connectivity index (χ2n) is 5.35. The van der Waals surface area contributed by atoms with E-state index in [4.69, 9.17) is 4.74 Å². The van der Waals surface area contributed by atoms with Crippen LogP contribution in [0, 0.1) is 0 Å². The standard InChI is InChI=1S/C19H21NO4/c1-20(13-12-18(21)23-2)19(22)16-8-10-17(11-9-16)24-14-15-6-4-3-5-7-15/h3-11H,12-14H2,1-2H3. The number of ether oxygens (including phenoxy) is 2. The molecule has 1 amide bonds. The molecule has 0 bridgehead atoms. The molecular weight excluding hydrogens is 306 g/mol. The molecule has 0 aliphatic rings. The number of amides is 1. The highest BCUT2D eigenvalue weighted by Gasteiger charge is 2.13. The molecule has 0 N–H and O–H groups in total. The Labute approximate surface area is 141 Å². The van der Waals surface area contributed by atoms with Gasteiger partial charge in [0.1, 0.15) is 12.4 Å². The number of benzene rings is 2. The highest BCUT2D eigenvalue weighted by Crippen LogP contribution is 2.15. The summed E-state index contributed by atoms with van der Waals surface area (Å²) in [6.07, 6.45) is 0.178. The SMILES string of the molecule is COC(=O)CCN(C)C(=O)c1ccc(OCc2ccccc2)cc1. The van der Waals surface area contributed by atoms with Gasteiger partial charge in [0, 0.05) is 19.2 Å².